The number of rotatable bonds is 6. The Kier molecular flexibility index (Phi) is 7.14. The second kappa shape index (κ2) is 8.14. The van der Waals surface area contributed by atoms with Crippen molar-refractivity contribution in [1.82, 2.24) is 14.7 Å². The quantitative estimate of drug-likeness (QED) is 0.752. The van der Waals surface area contributed by atoms with Gasteiger partial charge in [-0.1, -0.05) is 0 Å². The van der Waals surface area contributed by atoms with Crippen LogP contribution in [-0.4, -0.2) is 72.5 Å². The summed E-state index contributed by atoms with van der Waals surface area (Å²) in [6.45, 7) is 13.7. The highest BCUT2D eigenvalue weighted by Crippen LogP contribution is 2.21. The van der Waals surface area contributed by atoms with Crippen LogP contribution in [0.2, 0.25) is 0 Å². The number of piperidine rings is 1. The summed E-state index contributed by atoms with van der Waals surface area (Å²) in [5.41, 5.74) is 0. The summed E-state index contributed by atoms with van der Waals surface area (Å²) in [4.78, 5) is 19.5. The number of likely N-dealkylation sites (tertiary alicyclic amines) is 1. The summed E-state index contributed by atoms with van der Waals surface area (Å²) in [6.07, 6.45) is 2.49. The van der Waals surface area contributed by atoms with E-state index in [9.17, 15) is 4.79 Å². The first-order valence-corrected chi connectivity index (χ1v) is 8.45. The van der Waals surface area contributed by atoms with Crippen molar-refractivity contribution in [2.45, 2.75) is 65.6 Å². The lowest BCUT2D eigenvalue weighted by atomic mass is 9.96. The van der Waals surface area contributed by atoms with Gasteiger partial charge in [0.05, 0.1) is 6.04 Å². The van der Waals surface area contributed by atoms with Gasteiger partial charge in [0.15, 0.2) is 0 Å². The Morgan fingerprint density at radius 2 is 1.71 bits per heavy atom. The summed E-state index contributed by atoms with van der Waals surface area (Å²) in [5, 5.41) is 0. The molecule has 0 saturated carbocycles. The van der Waals surface area contributed by atoms with Crippen molar-refractivity contribution < 1.29 is 4.79 Å². The number of carbonyl (C=O) groups is 1. The van der Waals surface area contributed by atoms with Crippen LogP contribution in [0.15, 0.2) is 0 Å². The molecule has 1 aliphatic heterocycles. The van der Waals surface area contributed by atoms with Crippen LogP contribution < -0.4 is 0 Å². The summed E-state index contributed by atoms with van der Waals surface area (Å²) in [6, 6.07) is 0.532. The molecule has 1 rings (SSSR count). The first kappa shape index (κ1) is 18.4. The lowest BCUT2D eigenvalue weighted by Gasteiger charge is -2.40. The van der Waals surface area contributed by atoms with E-state index in [-0.39, 0.29) is 24.0 Å². The summed E-state index contributed by atoms with van der Waals surface area (Å²) in [5.74, 6) is 0.973. The summed E-state index contributed by atoms with van der Waals surface area (Å²) < 4.78 is 0. The van der Waals surface area contributed by atoms with Gasteiger partial charge in [-0.2, -0.15) is 0 Å². The number of hydrogen-bond donors (Lipinski definition) is 0. The van der Waals surface area contributed by atoms with E-state index in [2.05, 4.69) is 58.5 Å². The molecule has 4 nitrogen and oxygen atoms in total. The monoisotopic (exact) mass is 297 g/mol. The molecule has 0 aromatic heterocycles. The van der Waals surface area contributed by atoms with Crippen molar-refractivity contribution in [3.8, 4) is 0 Å². The van der Waals surface area contributed by atoms with Crippen LogP contribution in [0.1, 0.15) is 47.5 Å². The van der Waals surface area contributed by atoms with Crippen molar-refractivity contribution in [1.29, 1.82) is 0 Å². The fourth-order valence-electron chi connectivity index (χ4n) is 3.59. The van der Waals surface area contributed by atoms with Crippen molar-refractivity contribution in [2.75, 3.05) is 33.7 Å². The highest BCUT2D eigenvalue weighted by molar-refractivity contribution is 5.82. The van der Waals surface area contributed by atoms with Crippen LogP contribution in [0, 0.1) is 5.92 Å². The molecule has 0 aromatic rings. The van der Waals surface area contributed by atoms with E-state index in [1.807, 2.05) is 4.90 Å². The molecular formula is C17H35N3O. The topological polar surface area (TPSA) is 26.8 Å². The molecule has 0 radical (unpaired) electrons. The molecule has 0 aliphatic carbocycles. The molecule has 1 fully saturated rings. The number of carbonyl (C=O) groups excluding carboxylic acids is 1. The van der Waals surface area contributed by atoms with Crippen molar-refractivity contribution in [3.05, 3.63) is 0 Å². The van der Waals surface area contributed by atoms with Gasteiger partial charge in [-0.05, 0) is 74.0 Å². The van der Waals surface area contributed by atoms with Gasteiger partial charge < -0.3 is 9.80 Å². The molecule has 1 amide bonds. The van der Waals surface area contributed by atoms with Crippen LogP contribution in [0.25, 0.3) is 0 Å². The maximum atomic E-state index is 12.8. The van der Waals surface area contributed by atoms with Gasteiger partial charge in [0.25, 0.3) is 0 Å². The smallest absolute Gasteiger partial charge is 0.240 e. The minimum Gasteiger partial charge on any atom is -0.336 e. The van der Waals surface area contributed by atoms with Crippen LogP contribution in [0.3, 0.4) is 0 Å². The van der Waals surface area contributed by atoms with Crippen LogP contribution >= 0.6 is 0 Å². The fraction of sp³-hybridized carbons (Fsp3) is 0.941. The van der Waals surface area contributed by atoms with Crippen molar-refractivity contribution in [2.24, 2.45) is 5.92 Å². The highest BCUT2D eigenvalue weighted by atomic mass is 16.2. The van der Waals surface area contributed by atoms with E-state index in [1.54, 1.807) is 0 Å². The SMILES string of the molecule is CC(C(=O)N(C(C)C)C(C)C)N1CCCC(CN(C)C)C1. The zero-order valence-corrected chi connectivity index (χ0v) is 15.1. The summed E-state index contributed by atoms with van der Waals surface area (Å²) in [7, 11) is 4.26. The molecule has 1 heterocycles. The summed E-state index contributed by atoms with van der Waals surface area (Å²) >= 11 is 0. The predicted molar refractivity (Wildman–Crippen MR) is 89.4 cm³/mol. The Hall–Kier alpha value is -0.610. The Bertz CT molecular complexity index is 320. The van der Waals surface area contributed by atoms with Gasteiger partial charge in [0, 0.05) is 25.2 Å². The average molecular weight is 297 g/mol. The minimum absolute atomic E-state index is 0.000220. The van der Waals surface area contributed by atoms with Gasteiger partial charge >= 0.3 is 0 Å². The number of nitrogens with zero attached hydrogens (tertiary/aromatic N) is 3. The molecule has 1 aliphatic rings. The zero-order chi connectivity index (χ0) is 16.2. The van der Waals surface area contributed by atoms with E-state index in [1.165, 1.54) is 12.8 Å². The molecule has 2 unspecified atom stereocenters. The van der Waals surface area contributed by atoms with Crippen LogP contribution in [-0.2, 0) is 4.79 Å². The lowest BCUT2D eigenvalue weighted by Crippen LogP contribution is -2.54. The molecule has 0 bridgehead atoms. The molecular weight excluding hydrogens is 262 g/mol. The highest BCUT2D eigenvalue weighted by Gasteiger charge is 2.31. The normalized spacial score (nSPS) is 22.1. The Morgan fingerprint density at radius 1 is 1.14 bits per heavy atom. The van der Waals surface area contributed by atoms with Crippen LogP contribution in [0.5, 0.6) is 0 Å². The van der Waals surface area contributed by atoms with Crippen LogP contribution in [0.4, 0.5) is 0 Å². The van der Waals surface area contributed by atoms with E-state index < -0.39 is 0 Å². The maximum absolute atomic E-state index is 12.8. The Morgan fingerprint density at radius 3 is 2.19 bits per heavy atom. The van der Waals surface area contributed by atoms with E-state index in [0.29, 0.717) is 5.92 Å². The third kappa shape index (κ3) is 5.26. The zero-order valence-electron chi connectivity index (χ0n) is 15.1. The van der Waals surface area contributed by atoms with Gasteiger partial charge in [0.2, 0.25) is 5.91 Å². The largest absolute Gasteiger partial charge is 0.336 e. The molecule has 0 N–H and O–H groups in total. The van der Waals surface area contributed by atoms with Gasteiger partial charge in [-0.3, -0.25) is 9.69 Å². The van der Waals surface area contributed by atoms with E-state index in [4.69, 9.17) is 0 Å². The van der Waals surface area contributed by atoms with E-state index >= 15 is 0 Å². The first-order valence-electron chi connectivity index (χ1n) is 8.45. The number of amides is 1. The molecule has 0 spiro atoms. The minimum atomic E-state index is -0.000220. The standard InChI is InChI=1S/C17H35N3O/c1-13(2)20(14(3)4)17(21)15(5)19-10-8-9-16(12-19)11-18(6)7/h13-16H,8-12H2,1-7H3. The van der Waals surface area contributed by atoms with Crippen molar-refractivity contribution >= 4 is 5.91 Å². The second-order valence-corrected chi connectivity index (χ2v) is 7.37. The third-order valence-electron chi connectivity index (χ3n) is 4.45. The van der Waals surface area contributed by atoms with E-state index in [0.717, 1.165) is 19.6 Å². The molecule has 4 heteroatoms. The Balaban J connectivity index is 2.68. The second-order valence-electron chi connectivity index (χ2n) is 7.37. The fourth-order valence-corrected chi connectivity index (χ4v) is 3.59. The van der Waals surface area contributed by atoms with Gasteiger partial charge in [-0.15, -0.1) is 0 Å². The van der Waals surface area contributed by atoms with Gasteiger partial charge in [0.1, 0.15) is 0 Å². The molecule has 124 valence electrons. The molecule has 21 heavy (non-hydrogen) atoms. The Labute approximate surface area is 131 Å². The lowest BCUT2D eigenvalue weighted by molar-refractivity contribution is -0.140. The maximum Gasteiger partial charge on any atom is 0.240 e. The first-order chi connectivity index (χ1) is 9.73. The average Bonchev–Trinajstić information content (AvgIpc) is 2.36. The molecule has 2 atom stereocenters. The molecule has 0 aromatic carbocycles. The van der Waals surface area contributed by atoms with Crippen molar-refractivity contribution in [3.63, 3.8) is 0 Å². The number of hydrogen-bond acceptors (Lipinski definition) is 3. The predicted octanol–water partition coefficient (Wildman–Crippen LogP) is 2.29. The third-order valence-corrected chi connectivity index (χ3v) is 4.45. The molecule has 1 saturated heterocycles. The van der Waals surface area contributed by atoms with Gasteiger partial charge in [-0.25, -0.2) is 0 Å².